The highest BCUT2D eigenvalue weighted by molar-refractivity contribution is 5.03. The van der Waals surface area contributed by atoms with Crippen molar-refractivity contribution < 1.29 is 21.5 Å². The zero-order valence-corrected chi connectivity index (χ0v) is 7.66. The van der Waals surface area contributed by atoms with Crippen molar-refractivity contribution in [2.24, 2.45) is 0 Å². The van der Waals surface area contributed by atoms with Crippen LogP contribution in [0.4, 0.5) is 5.95 Å². The summed E-state index contributed by atoms with van der Waals surface area (Å²) in [5, 5.41) is 0. The van der Waals surface area contributed by atoms with Crippen LogP contribution in [0.25, 0.3) is 0 Å². The Labute approximate surface area is 76.3 Å². The summed E-state index contributed by atoms with van der Waals surface area (Å²) in [5.74, 6) is 0.516. The van der Waals surface area contributed by atoms with E-state index in [0.717, 1.165) is 0 Å². The number of hydrogen-bond donors (Lipinski definition) is 1. The molecule has 0 fully saturated rings. The molecule has 1 aromatic rings. The number of aromatic nitrogens is 2. The third-order valence-electron chi connectivity index (χ3n) is 1.18. The smallest absolute Gasteiger partial charge is 0.389 e. The van der Waals surface area contributed by atoms with Gasteiger partial charge in [0.25, 0.3) is 0 Å². The van der Waals surface area contributed by atoms with Gasteiger partial charge in [-0.1, -0.05) is 17.6 Å². The van der Waals surface area contributed by atoms with Crippen molar-refractivity contribution in [2.45, 2.75) is 6.54 Å². The van der Waals surface area contributed by atoms with Gasteiger partial charge < -0.3 is 17.0 Å². The zero-order valence-electron chi connectivity index (χ0n) is 6.07. The Balaban J connectivity index is 0.000001000. The van der Waals surface area contributed by atoms with Crippen molar-refractivity contribution >= 4 is 5.95 Å². The van der Waals surface area contributed by atoms with Crippen LogP contribution in [-0.2, 0) is 6.54 Å². The molecule has 1 rings (SSSR count). The van der Waals surface area contributed by atoms with E-state index in [2.05, 4.69) is 11.6 Å². The molecule has 2 N–H and O–H groups in total. The maximum absolute atomic E-state index is 5.51. The largest absolute Gasteiger partial charge is 1.00 e. The van der Waals surface area contributed by atoms with Crippen LogP contribution in [0.1, 0.15) is 0 Å². The second-order valence-electron chi connectivity index (χ2n) is 1.92. The normalized spacial score (nSPS) is 8.36. The first-order valence-electron chi connectivity index (χ1n) is 3.05. The summed E-state index contributed by atoms with van der Waals surface area (Å²) < 4.78 is 1.81. The summed E-state index contributed by atoms with van der Waals surface area (Å²) in [6.45, 7) is 4.30. The van der Waals surface area contributed by atoms with Crippen molar-refractivity contribution in [2.75, 3.05) is 5.73 Å². The number of halogens is 1. The highest BCUT2D eigenvalue weighted by Gasteiger charge is 1.99. The van der Waals surface area contributed by atoms with E-state index in [-0.39, 0.29) is 17.0 Å². The first-order chi connectivity index (χ1) is 4.84. The van der Waals surface area contributed by atoms with Crippen LogP contribution in [0, 0.1) is 0 Å². The van der Waals surface area contributed by atoms with E-state index in [4.69, 9.17) is 5.73 Å². The molecule has 1 heterocycles. The molecule has 0 aliphatic carbocycles. The van der Waals surface area contributed by atoms with Crippen molar-refractivity contribution in [3.8, 4) is 0 Å². The minimum atomic E-state index is 0. The maximum atomic E-state index is 5.51. The van der Waals surface area contributed by atoms with Gasteiger partial charge in [-0.3, -0.25) is 5.73 Å². The maximum Gasteiger partial charge on any atom is 0.389 e. The molecule has 3 nitrogen and oxygen atoms in total. The molecular weight excluding hydrogens is 206 g/mol. The third-order valence-corrected chi connectivity index (χ3v) is 1.18. The van der Waals surface area contributed by atoms with Gasteiger partial charge >= 0.3 is 5.95 Å². The number of nitrogen functional groups attached to an aromatic ring is 1. The molecule has 11 heavy (non-hydrogen) atoms. The fourth-order valence-corrected chi connectivity index (χ4v) is 0.706. The molecule has 0 saturated carbocycles. The molecule has 0 atom stereocenters. The predicted molar refractivity (Wildman–Crippen MR) is 39.0 cm³/mol. The fraction of sp³-hybridized carbons (Fsp3) is 0.143. The zero-order chi connectivity index (χ0) is 7.40. The van der Waals surface area contributed by atoms with Crippen molar-refractivity contribution in [1.29, 1.82) is 0 Å². The summed E-state index contributed by atoms with van der Waals surface area (Å²) in [5.41, 5.74) is 5.51. The number of rotatable bonds is 2. The average Bonchev–Trinajstić information content (AvgIpc) is 1.94. The molecule has 0 aliphatic rings. The molecule has 0 unspecified atom stereocenters. The lowest BCUT2D eigenvalue weighted by atomic mass is 10.5. The molecule has 0 aliphatic heterocycles. The highest BCUT2D eigenvalue weighted by Crippen LogP contribution is 1.83. The Hall–Kier alpha value is -0.900. The van der Waals surface area contributed by atoms with Gasteiger partial charge in [-0.2, -0.15) is 0 Å². The van der Waals surface area contributed by atoms with E-state index in [9.17, 15) is 0 Å². The van der Waals surface area contributed by atoms with E-state index >= 15 is 0 Å². The van der Waals surface area contributed by atoms with Crippen molar-refractivity contribution in [3.05, 3.63) is 31.1 Å². The van der Waals surface area contributed by atoms with Gasteiger partial charge in [0, 0.05) is 6.07 Å². The Morgan fingerprint density at radius 1 is 1.73 bits per heavy atom. The van der Waals surface area contributed by atoms with Crippen molar-refractivity contribution in [3.63, 3.8) is 0 Å². The van der Waals surface area contributed by atoms with Gasteiger partial charge in [-0.15, -0.1) is 0 Å². The number of nitrogens with two attached hydrogens (primary N) is 1. The number of allylic oxidation sites excluding steroid dienone is 1. The van der Waals surface area contributed by atoms with Crippen LogP contribution >= 0.6 is 0 Å². The van der Waals surface area contributed by atoms with Crippen LogP contribution in [0.5, 0.6) is 0 Å². The first kappa shape index (κ1) is 10.1. The third kappa shape index (κ3) is 2.67. The standard InChI is InChI=1S/C7H9N3.BrH/c1-2-5-10-6-3-4-9-7(10)8;/h2-4,6,8H,1,5H2;1H. The van der Waals surface area contributed by atoms with Crippen LogP contribution < -0.4 is 27.3 Å². The number of anilines is 1. The van der Waals surface area contributed by atoms with E-state index in [1.165, 1.54) is 0 Å². The Kier molecular flexibility index (Phi) is 4.45. The minimum Gasteiger partial charge on any atom is -1.00 e. The van der Waals surface area contributed by atoms with Crippen LogP contribution in [0.3, 0.4) is 0 Å². The Bertz CT molecular complexity index is 237. The lowest BCUT2D eigenvalue weighted by Gasteiger charge is -1.94. The number of hydrogen-bond acceptors (Lipinski definition) is 2. The van der Waals surface area contributed by atoms with Crippen molar-refractivity contribution in [1.82, 2.24) is 4.98 Å². The summed E-state index contributed by atoms with van der Waals surface area (Å²) >= 11 is 0. The molecule has 0 aromatic carbocycles. The summed E-state index contributed by atoms with van der Waals surface area (Å²) in [6, 6.07) is 1.83. The van der Waals surface area contributed by atoms with E-state index < -0.39 is 0 Å². The topological polar surface area (TPSA) is 42.8 Å². The van der Waals surface area contributed by atoms with Crippen LogP contribution in [0.15, 0.2) is 31.1 Å². The van der Waals surface area contributed by atoms with E-state index in [1.54, 1.807) is 12.3 Å². The van der Waals surface area contributed by atoms with Gasteiger partial charge in [0.1, 0.15) is 6.20 Å². The lowest BCUT2D eigenvalue weighted by Crippen LogP contribution is -3.00. The van der Waals surface area contributed by atoms with Gasteiger partial charge in [0.05, 0.1) is 12.7 Å². The second kappa shape index (κ2) is 4.85. The summed E-state index contributed by atoms with van der Waals surface area (Å²) in [6.07, 6.45) is 5.30. The average molecular weight is 216 g/mol. The molecule has 0 bridgehead atoms. The fourth-order valence-electron chi connectivity index (χ4n) is 0.706. The van der Waals surface area contributed by atoms with E-state index in [0.29, 0.717) is 12.5 Å². The lowest BCUT2D eigenvalue weighted by molar-refractivity contribution is -0.675. The molecular formula is C7H10BrN3. The van der Waals surface area contributed by atoms with E-state index in [1.807, 2.05) is 16.8 Å². The monoisotopic (exact) mass is 215 g/mol. The quantitative estimate of drug-likeness (QED) is 0.427. The SMILES string of the molecule is C=CC[n+]1cccnc1N.[Br-]. The Morgan fingerprint density at radius 2 is 2.45 bits per heavy atom. The molecule has 4 heteroatoms. The molecule has 0 radical (unpaired) electrons. The summed E-state index contributed by atoms with van der Waals surface area (Å²) in [7, 11) is 0. The van der Waals surface area contributed by atoms with Gasteiger partial charge in [-0.05, 0) is 0 Å². The predicted octanol–water partition coefficient (Wildman–Crippen LogP) is -2.86. The van der Waals surface area contributed by atoms with Crippen LogP contribution in [0.2, 0.25) is 0 Å². The minimum absolute atomic E-state index is 0. The number of nitrogens with zero attached hydrogens (tertiary/aromatic N) is 2. The molecule has 0 amide bonds. The van der Waals surface area contributed by atoms with Gasteiger partial charge in [0.15, 0.2) is 0 Å². The van der Waals surface area contributed by atoms with Crippen LogP contribution in [-0.4, -0.2) is 4.98 Å². The van der Waals surface area contributed by atoms with Gasteiger partial charge in [0.2, 0.25) is 0 Å². The van der Waals surface area contributed by atoms with Gasteiger partial charge in [-0.25, -0.2) is 4.57 Å². The molecule has 1 aromatic heterocycles. The second-order valence-corrected chi connectivity index (χ2v) is 1.92. The Morgan fingerprint density at radius 3 is 3.00 bits per heavy atom. The molecule has 0 spiro atoms. The first-order valence-corrected chi connectivity index (χ1v) is 3.05. The molecule has 60 valence electrons. The molecule has 0 saturated heterocycles. The summed E-state index contributed by atoms with van der Waals surface area (Å²) in [4.78, 5) is 3.89. The highest BCUT2D eigenvalue weighted by atomic mass is 79.9.